The fourth-order valence-electron chi connectivity index (χ4n) is 3.45. The number of ether oxygens (including phenoxy) is 1. The Morgan fingerprint density at radius 3 is 2.69 bits per heavy atom. The van der Waals surface area contributed by atoms with Crippen molar-refractivity contribution < 1.29 is 13.9 Å². The van der Waals surface area contributed by atoms with Gasteiger partial charge in [-0.3, -0.25) is 4.98 Å². The minimum absolute atomic E-state index is 0.223. The predicted octanol–water partition coefficient (Wildman–Crippen LogP) is 6.20. The molecule has 0 aliphatic rings. The molecule has 4 aromatic rings. The molecule has 0 aliphatic carbocycles. The van der Waals surface area contributed by atoms with E-state index in [1.54, 1.807) is 6.07 Å². The van der Waals surface area contributed by atoms with Gasteiger partial charge in [-0.1, -0.05) is 30.3 Å². The van der Waals surface area contributed by atoms with Crippen LogP contribution in [0.4, 0.5) is 15.0 Å². The summed E-state index contributed by atoms with van der Waals surface area (Å²) in [6.45, 7) is 5.75. The molecular weight excluding hydrogens is 533 g/mol. The number of benzene rings is 1. The number of carbonyl (C=O) groups is 1. The summed E-state index contributed by atoms with van der Waals surface area (Å²) in [4.78, 5) is 25.4. The Hall–Kier alpha value is -3.11. The van der Waals surface area contributed by atoms with Crippen LogP contribution in [0.15, 0.2) is 58.6 Å². The highest BCUT2D eigenvalue weighted by atomic mass is 79.9. The summed E-state index contributed by atoms with van der Waals surface area (Å²) in [5.41, 5.74) is 1.43. The summed E-state index contributed by atoms with van der Waals surface area (Å²) in [7, 11) is 0. The van der Waals surface area contributed by atoms with Crippen LogP contribution >= 0.6 is 27.3 Å². The first-order chi connectivity index (χ1) is 16.7. The first kappa shape index (κ1) is 25.0. The van der Waals surface area contributed by atoms with Crippen molar-refractivity contribution in [2.24, 2.45) is 0 Å². The minimum Gasteiger partial charge on any atom is -0.444 e. The van der Waals surface area contributed by atoms with Gasteiger partial charge < -0.3 is 15.4 Å². The third-order valence-electron chi connectivity index (χ3n) is 4.94. The topological polar surface area (TPSA) is 89.0 Å². The lowest BCUT2D eigenvalue weighted by Gasteiger charge is -2.23. The van der Waals surface area contributed by atoms with Gasteiger partial charge in [0.15, 0.2) is 11.6 Å². The van der Waals surface area contributed by atoms with E-state index < -0.39 is 17.5 Å². The van der Waals surface area contributed by atoms with Crippen molar-refractivity contribution in [2.45, 2.75) is 38.8 Å². The van der Waals surface area contributed by atoms with E-state index in [4.69, 9.17) is 4.74 Å². The Morgan fingerprint density at radius 2 is 1.97 bits per heavy atom. The van der Waals surface area contributed by atoms with Crippen molar-refractivity contribution >= 4 is 49.4 Å². The number of nitrogens with zero attached hydrogens (tertiary/aromatic N) is 3. The van der Waals surface area contributed by atoms with Crippen molar-refractivity contribution in [3.05, 3.63) is 70.0 Å². The molecule has 0 bridgehead atoms. The number of hydrogen-bond donors (Lipinski definition) is 2. The van der Waals surface area contributed by atoms with Gasteiger partial charge in [-0.2, -0.15) is 0 Å². The Kier molecular flexibility index (Phi) is 7.61. The molecule has 35 heavy (non-hydrogen) atoms. The molecule has 1 unspecified atom stereocenters. The normalized spacial score (nSPS) is 12.4. The molecule has 0 aliphatic heterocycles. The lowest BCUT2D eigenvalue weighted by molar-refractivity contribution is 0.0525. The third kappa shape index (κ3) is 6.52. The van der Waals surface area contributed by atoms with E-state index in [9.17, 15) is 9.18 Å². The van der Waals surface area contributed by atoms with Crippen LogP contribution in [-0.2, 0) is 11.2 Å². The first-order valence-electron chi connectivity index (χ1n) is 11.0. The fraction of sp³-hybridized carbons (Fsp3) is 0.280. The van der Waals surface area contributed by atoms with E-state index in [-0.39, 0.29) is 17.4 Å². The average Bonchev–Trinajstić information content (AvgIpc) is 3.18. The summed E-state index contributed by atoms with van der Waals surface area (Å²) in [6, 6.07) is 11.3. The third-order valence-corrected chi connectivity index (χ3v) is 6.83. The molecule has 0 fully saturated rings. The van der Waals surface area contributed by atoms with E-state index in [0.29, 0.717) is 24.3 Å². The molecule has 0 spiro atoms. The molecular formula is C25H25BrFN5O2S. The van der Waals surface area contributed by atoms with Crippen LogP contribution in [0.1, 0.15) is 26.3 Å². The average molecular weight is 558 g/mol. The number of amides is 1. The number of rotatable bonds is 7. The molecule has 1 amide bonds. The van der Waals surface area contributed by atoms with Gasteiger partial charge in [-0.05, 0) is 54.8 Å². The second-order valence-corrected chi connectivity index (χ2v) is 10.7. The Morgan fingerprint density at radius 1 is 1.20 bits per heavy atom. The molecule has 1 atom stereocenters. The number of hydrogen-bond acceptors (Lipinski definition) is 7. The maximum atomic E-state index is 14.5. The first-order valence-corrected chi connectivity index (χ1v) is 12.7. The van der Waals surface area contributed by atoms with Gasteiger partial charge in [0.25, 0.3) is 0 Å². The SMILES string of the molecule is CC(C)(C)OC(=O)NCC(Cc1ccccc1)Nc1nc(-c2ccncc2F)nc2c(Br)csc12. The highest BCUT2D eigenvalue weighted by Gasteiger charge is 2.21. The number of pyridine rings is 1. The molecule has 3 heterocycles. The van der Waals surface area contributed by atoms with Gasteiger partial charge >= 0.3 is 6.09 Å². The van der Waals surface area contributed by atoms with Crippen molar-refractivity contribution in [3.63, 3.8) is 0 Å². The second-order valence-electron chi connectivity index (χ2n) is 8.93. The number of anilines is 1. The zero-order valence-corrected chi connectivity index (χ0v) is 21.9. The maximum absolute atomic E-state index is 14.5. The highest BCUT2D eigenvalue weighted by molar-refractivity contribution is 9.10. The Labute approximate surface area is 215 Å². The monoisotopic (exact) mass is 557 g/mol. The largest absolute Gasteiger partial charge is 0.444 e. The van der Waals surface area contributed by atoms with Crippen molar-refractivity contribution in [3.8, 4) is 11.4 Å². The van der Waals surface area contributed by atoms with Crippen molar-refractivity contribution in [1.29, 1.82) is 0 Å². The number of thiophene rings is 1. The molecule has 3 aromatic heterocycles. The summed E-state index contributed by atoms with van der Waals surface area (Å²) in [6.07, 6.45) is 2.77. The van der Waals surface area contributed by atoms with Gasteiger partial charge in [-0.25, -0.2) is 19.2 Å². The zero-order chi connectivity index (χ0) is 25.0. The number of halogens is 2. The second kappa shape index (κ2) is 10.7. The van der Waals surface area contributed by atoms with Crippen LogP contribution in [0.25, 0.3) is 21.6 Å². The minimum atomic E-state index is -0.599. The molecule has 1 aromatic carbocycles. The quantitative estimate of drug-likeness (QED) is 0.281. The summed E-state index contributed by atoms with van der Waals surface area (Å²) in [5, 5.41) is 8.23. The van der Waals surface area contributed by atoms with E-state index >= 15 is 0 Å². The van der Waals surface area contributed by atoms with Gasteiger partial charge in [-0.15, -0.1) is 11.3 Å². The molecule has 10 heteroatoms. The van der Waals surface area contributed by atoms with Gasteiger partial charge in [0, 0.05) is 24.2 Å². The smallest absolute Gasteiger partial charge is 0.407 e. The van der Waals surface area contributed by atoms with Crippen LogP contribution in [0.5, 0.6) is 0 Å². The van der Waals surface area contributed by atoms with E-state index in [0.717, 1.165) is 20.9 Å². The standard InChI is InChI=1S/C25H25BrFN5O2S/c1-25(2,3)34-24(33)29-12-16(11-15-7-5-4-6-8-15)30-23-21-20(18(26)14-35-21)31-22(32-23)17-9-10-28-13-19(17)27/h4-10,13-14,16H,11-12H2,1-3H3,(H,29,33)(H,30,31,32). The number of fused-ring (bicyclic) bond motifs is 1. The lowest BCUT2D eigenvalue weighted by Crippen LogP contribution is -2.40. The summed E-state index contributed by atoms with van der Waals surface area (Å²) < 4.78 is 21.5. The van der Waals surface area contributed by atoms with Crippen LogP contribution in [0, 0.1) is 5.82 Å². The van der Waals surface area contributed by atoms with E-state index in [2.05, 4.69) is 41.5 Å². The summed E-state index contributed by atoms with van der Waals surface area (Å²) in [5.74, 6) is 0.304. The molecule has 0 saturated carbocycles. The molecule has 2 N–H and O–H groups in total. The zero-order valence-electron chi connectivity index (χ0n) is 19.5. The molecule has 182 valence electrons. The van der Waals surface area contributed by atoms with Gasteiger partial charge in [0.1, 0.15) is 16.9 Å². The van der Waals surface area contributed by atoms with Crippen LogP contribution in [-0.4, -0.2) is 39.2 Å². The number of aromatic nitrogens is 3. The summed E-state index contributed by atoms with van der Waals surface area (Å²) >= 11 is 5.01. The van der Waals surface area contributed by atoms with E-state index in [1.807, 2.05) is 56.5 Å². The molecule has 0 radical (unpaired) electrons. The predicted molar refractivity (Wildman–Crippen MR) is 140 cm³/mol. The highest BCUT2D eigenvalue weighted by Crippen LogP contribution is 2.35. The maximum Gasteiger partial charge on any atom is 0.407 e. The van der Waals surface area contributed by atoms with Crippen LogP contribution in [0.3, 0.4) is 0 Å². The van der Waals surface area contributed by atoms with E-state index in [1.165, 1.54) is 17.5 Å². The Balaban J connectivity index is 1.67. The van der Waals surface area contributed by atoms with Gasteiger partial charge in [0.2, 0.25) is 0 Å². The number of carbonyl (C=O) groups excluding carboxylic acids is 1. The molecule has 7 nitrogen and oxygen atoms in total. The number of alkyl carbamates (subject to hydrolysis) is 1. The van der Waals surface area contributed by atoms with Crippen LogP contribution < -0.4 is 10.6 Å². The van der Waals surface area contributed by atoms with Crippen molar-refractivity contribution in [1.82, 2.24) is 20.3 Å². The van der Waals surface area contributed by atoms with Crippen molar-refractivity contribution in [2.75, 3.05) is 11.9 Å². The number of nitrogens with one attached hydrogen (secondary N) is 2. The fourth-order valence-corrected chi connectivity index (χ4v) is 4.97. The Bertz CT molecular complexity index is 1330. The molecule has 0 saturated heterocycles. The molecule has 4 rings (SSSR count). The van der Waals surface area contributed by atoms with Gasteiger partial charge in [0.05, 0.1) is 20.9 Å². The van der Waals surface area contributed by atoms with Crippen LogP contribution in [0.2, 0.25) is 0 Å². The lowest BCUT2D eigenvalue weighted by atomic mass is 10.1.